The normalized spacial score (nSPS) is 14.0. The van der Waals surface area contributed by atoms with E-state index in [0.717, 1.165) is 0 Å². The molecule has 0 fully saturated rings. The minimum Gasteiger partial charge on any atom is -0.493 e. The zero-order chi connectivity index (χ0) is 23.8. The third kappa shape index (κ3) is 5.76. The molecule has 11 heteroatoms. The van der Waals surface area contributed by atoms with Gasteiger partial charge in [-0.15, -0.1) is 0 Å². The van der Waals surface area contributed by atoms with E-state index in [4.69, 9.17) is 28.4 Å². The van der Waals surface area contributed by atoms with Crippen molar-refractivity contribution in [3.05, 3.63) is 42.0 Å². The SMILES string of the molecule is COc1ccc(C(=O)OCC(=O)NC(=O)NCC2COc3ccccc3O2)c(OC)c1OC. The summed E-state index contributed by atoms with van der Waals surface area (Å²) in [6.45, 7) is -0.327. The molecule has 1 aliphatic heterocycles. The fraction of sp³-hybridized carbons (Fsp3) is 0.318. The predicted molar refractivity (Wildman–Crippen MR) is 114 cm³/mol. The molecule has 0 aromatic heterocycles. The summed E-state index contributed by atoms with van der Waals surface area (Å²) in [5.41, 5.74) is 0.0298. The van der Waals surface area contributed by atoms with Gasteiger partial charge in [0.25, 0.3) is 5.91 Å². The first-order chi connectivity index (χ1) is 16.0. The number of carbonyl (C=O) groups excluding carboxylic acids is 3. The maximum Gasteiger partial charge on any atom is 0.342 e. The number of esters is 1. The van der Waals surface area contributed by atoms with Crippen molar-refractivity contribution in [2.75, 3.05) is 41.1 Å². The van der Waals surface area contributed by atoms with Gasteiger partial charge in [-0.05, 0) is 24.3 Å². The van der Waals surface area contributed by atoms with E-state index >= 15 is 0 Å². The topological polar surface area (TPSA) is 131 Å². The number of rotatable bonds is 8. The number of hydrogen-bond donors (Lipinski definition) is 2. The maximum atomic E-state index is 12.4. The van der Waals surface area contributed by atoms with E-state index in [0.29, 0.717) is 17.2 Å². The maximum absolute atomic E-state index is 12.4. The van der Waals surface area contributed by atoms with E-state index in [1.165, 1.54) is 33.5 Å². The summed E-state index contributed by atoms with van der Waals surface area (Å²) in [6.07, 6.45) is -0.420. The van der Waals surface area contributed by atoms with Crippen LogP contribution >= 0.6 is 0 Å². The van der Waals surface area contributed by atoms with Gasteiger partial charge in [0.15, 0.2) is 35.7 Å². The Morgan fingerprint density at radius 2 is 1.70 bits per heavy atom. The number of hydrogen-bond acceptors (Lipinski definition) is 9. The molecule has 0 saturated heterocycles. The standard InChI is InChI=1S/C22H24N2O9/c1-28-17-9-8-14(19(29-2)20(17)30-3)21(26)32-12-18(25)24-22(27)23-10-13-11-31-15-6-4-5-7-16(15)33-13/h4-9,13H,10-12H2,1-3H3,(H2,23,24,25,27). The van der Waals surface area contributed by atoms with Crippen molar-refractivity contribution < 1.29 is 42.8 Å². The van der Waals surface area contributed by atoms with Crippen LogP contribution in [-0.4, -0.2) is 65.1 Å². The highest BCUT2D eigenvalue weighted by atomic mass is 16.6. The van der Waals surface area contributed by atoms with E-state index in [-0.39, 0.29) is 30.2 Å². The lowest BCUT2D eigenvalue weighted by Gasteiger charge is -2.26. The predicted octanol–water partition coefficient (Wildman–Crippen LogP) is 1.53. The Morgan fingerprint density at radius 3 is 2.39 bits per heavy atom. The number of fused-ring (bicyclic) bond motifs is 1. The van der Waals surface area contributed by atoms with Crippen LogP contribution in [0.3, 0.4) is 0 Å². The number of urea groups is 1. The van der Waals surface area contributed by atoms with Gasteiger partial charge in [-0.25, -0.2) is 9.59 Å². The molecular weight excluding hydrogens is 436 g/mol. The van der Waals surface area contributed by atoms with Crippen LogP contribution in [0.5, 0.6) is 28.7 Å². The largest absolute Gasteiger partial charge is 0.493 e. The number of imide groups is 1. The van der Waals surface area contributed by atoms with Crippen LogP contribution in [-0.2, 0) is 9.53 Å². The molecule has 0 bridgehead atoms. The van der Waals surface area contributed by atoms with Gasteiger partial charge >= 0.3 is 12.0 Å². The smallest absolute Gasteiger partial charge is 0.342 e. The van der Waals surface area contributed by atoms with Gasteiger partial charge in [0, 0.05) is 0 Å². The molecule has 11 nitrogen and oxygen atoms in total. The Hall–Kier alpha value is -4.15. The highest BCUT2D eigenvalue weighted by Crippen LogP contribution is 2.40. The molecule has 1 heterocycles. The molecule has 0 radical (unpaired) electrons. The van der Waals surface area contributed by atoms with Crippen LogP contribution in [0.25, 0.3) is 0 Å². The highest BCUT2D eigenvalue weighted by Gasteiger charge is 2.24. The lowest BCUT2D eigenvalue weighted by atomic mass is 10.1. The summed E-state index contributed by atoms with van der Waals surface area (Å²) >= 11 is 0. The van der Waals surface area contributed by atoms with Crippen molar-refractivity contribution in [2.24, 2.45) is 0 Å². The molecule has 3 rings (SSSR count). The van der Waals surface area contributed by atoms with Crippen molar-refractivity contribution in [1.82, 2.24) is 10.6 Å². The number of methoxy groups -OCH3 is 3. The number of ether oxygens (including phenoxy) is 6. The van der Waals surface area contributed by atoms with E-state index in [1.54, 1.807) is 12.1 Å². The summed E-state index contributed by atoms with van der Waals surface area (Å²) in [4.78, 5) is 36.4. The summed E-state index contributed by atoms with van der Waals surface area (Å²) in [7, 11) is 4.19. The van der Waals surface area contributed by atoms with Gasteiger partial charge in [0.2, 0.25) is 5.75 Å². The van der Waals surface area contributed by atoms with Crippen molar-refractivity contribution in [3.8, 4) is 28.7 Å². The monoisotopic (exact) mass is 460 g/mol. The minimum atomic E-state index is -0.838. The van der Waals surface area contributed by atoms with E-state index < -0.39 is 30.6 Å². The van der Waals surface area contributed by atoms with Crippen molar-refractivity contribution in [1.29, 1.82) is 0 Å². The van der Waals surface area contributed by atoms with Gasteiger partial charge in [-0.2, -0.15) is 0 Å². The van der Waals surface area contributed by atoms with Crippen molar-refractivity contribution >= 4 is 17.9 Å². The third-order valence-corrected chi connectivity index (χ3v) is 4.57. The first-order valence-corrected chi connectivity index (χ1v) is 9.89. The van der Waals surface area contributed by atoms with Crippen LogP contribution in [0.4, 0.5) is 4.79 Å². The molecule has 0 spiro atoms. The third-order valence-electron chi connectivity index (χ3n) is 4.57. The molecule has 2 aromatic carbocycles. The average Bonchev–Trinajstić information content (AvgIpc) is 2.84. The van der Waals surface area contributed by atoms with Crippen molar-refractivity contribution in [2.45, 2.75) is 6.10 Å². The highest BCUT2D eigenvalue weighted by molar-refractivity contribution is 5.98. The second-order valence-corrected chi connectivity index (χ2v) is 6.71. The van der Waals surface area contributed by atoms with E-state index in [1.807, 2.05) is 12.1 Å². The quantitative estimate of drug-likeness (QED) is 0.563. The molecule has 2 aromatic rings. The fourth-order valence-electron chi connectivity index (χ4n) is 3.05. The van der Waals surface area contributed by atoms with Gasteiger partial charge in [0.05, 0.1) is 27.9 Å². The molecule has 1 atom stereocenters. The second-order valence-electron chi connectivity index (χ2n) is 6.71. The molecule has 1 unspecified atom stereocenters. The van der Waals surface area contributed by atoms with Gasteiger partial charge in [-0.3, -0.25) is 10.1 Å². The van der Waals surface area contributed by atoms with Crippen LogP contribution < -0.4 is 34.3 Å². The molecule has 0 saturated carbocycles. The molecule has 0 aliphatic carbocycles. The summed E-state index contributed by atoms with van der Waals surface area (Å²) in [5, 5.41) is 4.59. The van der Waals surface area contributed by atoms with Gasteiger partial charge in [-0.1, -0.05) is 12.1 Å². The van der Waals surface area contributed by atoms with Crippen LogP contribution in [0, 0.1) is 0 Å². The Kier molecular flexibility index (Phi) is 7.79. The lowest BCUT2D eigenvalue weighted by Crippen LogP contribution is -2.46. The molecule has 2 N–H and O–H groups in total. The molecule has 33 heavy (non-hydrogen) atoms. The zero-order valence-corrected chi connectivity index (χ0v) is 18.3. The number of para-hydroxylation sites is 2. The molecule has 1 aliphatic rings. The minimum absolute atomic E-state index is 0.0298. The Labute approximate surface area is 189 Å². The molecule has 176 valence electrons. The van der Waals surface area contributed by atoms with E-state index in [9.17, 15) is 14.4 Å². The summed E-state index contributed by atoms with van der Waals surface area (Å²) in [6, 6.07) is 9.33. The number of benzene rings is 2. The Balaban J connectivity index is 1.46. The lowest BCUT2D eigenvalue weighted by molar-refractivity contribution is -0.123. The number of carbonyl (C=O) groups is 3. The molecule has 3 amide bonds. The summed E-state index contributed by atoms with van der Waals surface area (Å²) < 4.78 is 31.9. The summed E-state index contributed by atoms with van der Waals surface area (Å²) in [5.74, 6) is 0.203. The first-order valence-electron chi connectivity index (χ1n) is 9.89. The Bertz CT molecular complexity index is 1020. The van der Waals surface area contributed by atoms with E-state index in [2.05, 4.69) is 10.6 Å². The van der Waals surface area contributed by atoms with Crippen molar-refractivity contribution in [3.63, 3.8) is 0 Å². The van der Waals surface area contributed by atoms with Gasteiger partial charge < -0.3 is 33.7 Å². The first kappa shape index (κ1) is 23.5. The molecular formula is C22H24N2O9. The fourth-order valence-corrected chi connectivity index (χ4v) is 3.05. The Morgan fingerprint density at radius 1 is 0.970 bits per heavy atom. The second kappa shape index (κ2) is 10.9. The van der Waals surface area contributed by atoms with Crippen LogP contribution in [0.15, 0.2) is 36.4 Å². The average molecular weight is 460 g/mol. The number of nitrogens with one attached hydrogen (secondary N) is 2. The zero-order valence-electron chi connectivity index (χ0n) is 18.3. The van der Waals surface area contributed by atoms with Crippen LogP contribution in [0.1, 0.15) is 10.4 Å². The van der Waals surface area contributed by atoms with Crippen LogP contribution in [0.2, 0.25) is 0 Å². The number of amides is 3. The van der Waals surface area contributed by atoms with Gasteiger partial charge in [0.1, 0.15) is 12.2 Å².